The van der Waals surface area contributed by atoms with Crippen LogP contribution in [0, 0.1) is 23.7 Å². The molecule has 3 rings (SSSR count). The number of aliphatic hydroxyl groups excluding tert-OH is 1. The smallest absolute Gasteiger partial charge is 0.0556 e. The Morgan fingerprint density at radius 3 is 2.79 bits per heavy atom. The van der Waals surface area contributed by atoms with Crippen LogP contribution in [0.15, 0.2) is 0 Å². The summed E-state index contributed by atoms with van der Waals surface area (Å²) in [5.74, 6) is 4.12. The van der Waals surface area contributed by atoms with Crippen molar-refractivity contribution in [2.45, 2.75) is 38.1 Å². The van der Waals surface area contributed by atoms with Crippen LogP contribution in [0.1, 0.15) is 32.1 Å². The fraction of sp³-hybridized carbons (Fsp3) is 1.00. The van der Waals surface area contributed by atoms with Crippen LogP contribution in [0.2, 0.25) is 0 Å². The van der Waals surface area contributed by atoms with E-state index in [1.807, 2.05) is 0 Å². The van der Waals surface area contributed by atoms with Gasteiger partial charge in [0.2, 0.25) is 0 Å². The minimum Gasteiger partial charge on any atom is -0.395 e. The minimum absolute atomic E-state index is 0.294. The molecule has 2 heteroatoms. The van der Waals surface area contributed by atoms with Crippen LogP contribution in [-0.2, 0) is 0 Å². The van der Waals surface area contributed by atoms with Gasteiger partial charge in [-0.05, 0) is 49.4 Å². The van der Waals surface area contributed by atoms with E-state index in [1.165, 1.54) is 32.1 Å². The molecule has 2 N–H and O–H groups in total. The Labute approximate surface area is 86.1 Å². The second-order valence-electron chi connectivity index (χ2n) is 5.44. The van der Waals surface area contributed by atoms with Crippen molar-refractivity contribution < 1.29 is 5.11 Å². The van der Waals surface area contributed by atoms with Crippen LogP contribution in [0.5, 0.6) is 0 Å². The van der Waals surface area contributed by atoms with Crippen molar-refractivity contribution in [2.75, 3.05) is 13.2 Å². The highest BCUT2D eigenvalue weighted by molar-refractivity contribution is 5.05. The summed E-state index contributed by atoms with van der Waals surface area (Å²) in [5.41, 5.74) is 0. The molecule has 0 radical (unpaired) electrons. The van der Waals surface area contributed by atoms with E-state index in [0.29, 0.717) is 6.61 Å². The summed E-state index contributed by atoms with van der Waals surface area (Å²) in [6.07, 6.45) is 7.36. The van der Waals surface area contributed by atoms with Crippen LogP contribution < -0.4 is 5.32 Å². The van der Waals surface area contributed by atoms with Crippen LogP contribution in [0.3, 0.4) is 0 Å². The lowest BCUT2D eigenvalue weighted by Crippen LogP contribution is -2.40. The summed E-state index contributed by atoms with van der Waals surface area (Å²) in [5, 5.41) is 12.3. The summed E-state index contributed by atoms with van der Waals surface area (Å²) < 4.78 is 0. The lowest BCUT2D eigenvalue weighted by atomic mass is 9.79. The number of nitrogens with one attached hydrogen (secondary N) is 1. The SMILES string of the molecule is OCCNC1CC2CC1C1CCCC21. The predicted octanol–water partition coefficient (Wildman–Crippen LogP) is 1.39. The molecule has 0 aliphatic heterocycles. The highest BCUT2D eigenvalue weighted by atomic mass is 16.3. The van der Waals surface area contributed by atoms with Gasteiger partial charge in [0.05, 0.1) is 6.61 Å². The molecule has 0 aromatic heterocycles. The van der Waals surface area contributed by atoms with Gasteiger partial charge >= 0.3 is 0 Å². The van der Waals surface area contributed by atoms with Crippen LogP contribution in [0.25, 0.3) is 0 Å². The molecular weight excluding hydrogens is 174 g/mol. The maximum atomic E-state index is 8.82. The van der Waals surface area contributed by atoms with Crippen molar-refractivity contribution in [3.8, 4) is 0 Å². The molecule has 14 heavy (non-hydrogen) atoms. The van der Waals surface area contributed by atoms with Gasteiger partial charge in [0, 0.05) is 12.6 Å². The topological polar surface area (TPSA) is 32.3 Å². The van der Waals surface area contributed by atoms with Crippen molar-refractivity contribution in [1.82, 2.24) is 5.32 Å². The van der Waals surface area contributed by atoms with Gasteiger partial charge in [-0.3, -0.25) is 0 Å². The van der Waals surface area contributed by atoms with Gasteiger partial charge in [0.1, 0.15) is 0 Å². The monoisotopic (exact) mass is 195 g/mol. The van der Waals surface area contributed by atoms with Gasteiger partial charge in [-0.2, -0.15) is 0 Å². The molecule has 0 saturated heterocycles. The molecule has 3 aliphatic carbocycles. The summed E-state index contributed by atoms with van der Waals surface area (Å²) >= 11 is 0. The summed E-state index contributed by atoms with van der Waals surface area (Å²) in [6, 6.07) is 0.742. The van der Waals surface area contributed by atoms with E-state index in [1.54, 1.807) is 0 Å². The normalized spacial score (nSPS) is 49.9. The van der Waals surface area contributed by atoms with Crippen LogP contribution in [0.4, 0.5) is 0 Å². The number of hydrogen-bond donors (Lipinski definition) is 2. The molecule has 0 amide bonds. The summed E-state index contributed by atoms with van der Waals surface area (Å²) in [6.45, 7) is 1.09. The van der Waals surface area contributed by atoms with E-state index >= 15 is 0 Å². The van der Waals surface area contributed by atoms with Crippen molar-refractivity contribution in [2.24, 2.45) is 23.7 Å². The molecule has 5 atom stereocenters. The zero-order chi connectivity index (χ0) is 9.54. The zero-order valence-electron chi connectivity index (χ0n) is 8.78. The second kappa shape index (κ2) is 3.49. The van der Waals surface area contributed by atoms with Gasteiger partial charge < -0.3 is 10.4 Å². The third-order valence-electron chi connectivity index (χ3n) is 4.95. The quantitative estimate of drug-likeness (QED) is 0.713. The fourth-order valence-corrected chi connectivity index (χ4v) is 4.55. The Balaban J connectivity index is 1.65. The molecule has 3 fully saturated rings. The van der Waals surface area contributed by atoms with E-state index in [-0.39, 0.29) is 0 Å². The van der Waals surface area contributed by atoms with Gasteiger partial charge in [-0.25, -0.2) is 0 Å². The van der Waals surface area contributed by atoms with Gasteiger partial charge in [-0.1, -0.05) is 6.42 Å². The van der Waals surface area contributed by atoms with E-state index < -0.39 is 0 Å². The first-order valence-electron chi connectivity index (χ1n) is 6.24. The average molecular weight is 195 g/mol. The van der Waals surface area contributed by atoms with Crippen LogP contribution >= 0.6 is 0 Å². The molecule has 80 valence electrons. The van der Waals surface area contributed by atoms with Crippen molar-refractivity contribution >= 4 is 0 Å². The molecule has 0 heterocycles. The lowest BCUT2D eigenvalue weighted by Gasteiger charge is -2.32. The summed E-state index contributed by atoms with van der Waals surface area (Å²) in [7, 11) is 0. The van der Waals surface area contributed by atoms with Crippen LogP contribution in [-0.4, -0.2) is 24.3 Å². The molecule has 3 saturated carbocycles. The van der Waals surface area contributed by atoms with Crippen molar-refractivity contribution in [1.29, 1.82) is 0 Å². The molecule has 3 aliphatic rings. The predicted molar refractivity (Wildman–Crippen MR) is 55.9 cm³/mol. The number of rotatable bonds is 3. The number of aliphatic hydroxyl groups is 1. The Bertz CT molecular complexity index is 218. The highest BCUT2D eigenvalue weighted by Gasteiger charge is 2.53. The Hall–Kier alpha value is -0.0800. The second-order valence-corrected chi connectivity index (χ2v) is 5.44. The Morgan fingerprint density at radius 1 is 1.07 bits per heavy atom. The molecular formula is C12H21NO. The van der Waals surface area contributed by atoms with Gasteiger partial charge in [-0.15, -0.1) is 0 Å². The fourth-order valence-electron chi connectivity index (χ4n) is 4.55. The van der Waals surface area contributed by atoms with Crippen molar-refractivity contribution in [3.05, 3.63) is 0 Å². The van der Waals surface area contributed by atoms with E-state index in [0.717, 1.165) is 36.3 Å². The first-order chi connectivity index (χ1) is 6.90. The maximum absolute atomic E-state index is 8.82. The van der Waals surface area contributed by atoms with Gasteiger partial charge in [0.15, 0.2) is 0 Å². The van der Waals surface area contributed by atoms with E-state index in [4.69, 9.17) is 5.11 Å². The molecule has 5 unspecified atom stereocenters. The molecule has 0 aromatic carbocycles. The van der Waals surface area contributed by atoms with Gasteiger partial charge in [0.25, 0.3) is 0 Å². The lowest BCUT2D eigenvalue weighted by molar-refractivity contribution is 0.197. The summed E-state index contributed by atoms with van der Waals surface area (Å²) in [4.78, 5) is 0. The minimum atomic E-state index is 0.294. The maximum Gasteiger partial charge on any atom is 0.0556 e. The first kappa shape index (κ1) is 9.17. The standard InChI is InChI=1S/C12H21NO/c14-5-4-13-12-7-8-6-11(12)10-3-1-2-9(8)10/h8-14H,1-7H2. The zero-order valence-corrected chi connectivity index (χ0v) is 8.78. The first-order valence-corrected chi connectivity index (χ1v) is 6.24. The number of fused-ring (bicyclic) bond motifs is 5. The molecule has 0 aromatic rings. The third kappa shape index (κ3) is 1.24. The Kier molecular flexibility index (Phi) is 2.29. The molecule has 2 nitrogen and oxygen atoms in total. The molecule has 0 spiro atoms. The van der Waals surface area contributed by atoms with E-state index in [9.17, 15) is 0 Å². The van der Waals surface area contributed by atoms with E-state index in [2.05, 4.69) is 5.32 Å². The largest absolute Gasteiger partial charge is 0.395 e. The Morgan fingerprint density at radius 2 is 1.93 bits per heavy atom. The average Bonchev–Trinajstić information content (AvgIpc) is 2.85. The number of hydrogen-bond acceptors (Lipinski definition) is 2. The van der Waals surface area contributed by atoms with Crippen molar-refractivity contribution in [3.63, 3.8) is 0 Å². The third-order valence-corrected chi connectivity index (χ3v) is 4.95. The highest BCUT2D eigenvalue weighted by Crippen LogP contribution is 2.58. The molecule has 2 bridgehead atoms.